The lowest BCUT2D eigenvalue weighted by Crippen LogP contribution is -2.47. The lowest BCUT2D eigenvalue weighted by Gasteiger charge is -2.39. The second-order valence-electron chi connectivity index (χ2n) is 8.11. The predicted molar refractivity (Wildman–Crippen MR) is 128 cm³/mol. The molecule has 3 atom stereocenters. The van der Waals surface area contributed by atoms with Crippen molar-refractivity contribution in [2.45, 2.75) is 58.0 Å². The SMILES string of the molecule is CC[C@@H](C)NC(=O)[C@H]1C[C@H](C)N(C(=O)Cc2csc(-c3ccsc3)n2)c2ccccc21. The van der Waals surface area contributed by atoms with Crippen LogP contribution in [0.2, 0.25) is 0 Å². The van der Waals surface area contributed by atoms with Gasteiger partial charge in [0.05, 0.1) is 18.0 Å². The zero-order valence-electron chi connectivity index (χ0n) is 18.0. The van der Waals surface area contributed by atoms with E-state index >= 15 is 0 Å². The number of nitrogens with zero attached hydrogens (tertiary/aromatic N) is 2. The molecule has 5 nitrogen and oxygen atoms in total. The summed E-state index contributed by atoms with van der Waals surface area (Å²) >= 11 is 3.21. The third kappa shape index (κ3) is 4.57. The second kappa shape index (κ2) is 9.32. The third-order valence-corrected chi connectivity index (χ3v) is 7.45. The number of carbonyl (C=O) groups excluding carboxylic acids is 2. The summed E-state index contributed by atoms with van der Waals surface area (Å²) in [6, 6.07) is 9.90. The summed E-state index contributed by atoms with van der Waals surface area (Å²) in [6.45, 7) is 6.10. The van der Waals surface area contributed by atoms with Gasteiger partial charge >= 0.3 is 0 Å². The number of hydrogen-bond acceptors (Lipinski definition) is 5. The number of para-hydroxylation sites is 1. The van der Waals surface area contributed by atoms with Crippen molar-refractivity contribution in [2.24, 2.45) is 0 Å². The number of thiazole rings is 1. The number of thiophene rings is 1. The van der Waals surface area contributed by atoms with Crippen molar-refractivity contribution in [3.63, 3.8) is 0 Å². The van der Waals surface area contributed by atoms with Crippen molar-refractivity contribution < 1.29 is 9.59 Å². The van der Waals surface area contributed by atoms with Gasteiger partial charge in [-0.15, -0.1) is 11.3 Å². The average molecular weight is 454 g/mol. The molecule has 1 aliphatic heterocycles. The molecule has 31 heavy (non-hydrogen) atoms. The fourth-order valence-corrected chi connectivity index (χ4v) is 5.57. The van der Waals surface area contributed by atoms with Gasteiger partial charge in [0, 0.05) is 34.1 Å². The minimum atomic E-state index is -0.242. The van der Waals surface area contributed by atoms with Crippen LogP contribution in [0, 0.1) is 0 Å². The van der Waals surface area contributed by atoms with Crippen LogP contribution in [0.4, 0.5) is 5.69 Å². The van der Waals surface area contributed by atoms with Crippen LogP contribution in [0.1, 0.15) is 50.8 Å². The molecule has 3 aromatic rings. The molecule has 0 aliphatic carbocycles. The van der Waals surface area contributed by atoms with Gasteiger partial charge in [0.15, 0.2) is 0 Å². The molecule has 2 amide bonds. The number of amides is 2. The van der Waals surface area contributed by atoms with Gasteiger partial charge in [0.25, 0.3) is 0 Å². The standard InChI is InChI=1S/C24H27N3O2S2/c1-4-15(2)25-23(29)20-11-16(3)27(21-8-6-5-7-19(20)21)22(28)12-18-14-31-24(26-18)17-9-10-30-13-17/h5-10,13-16,20H,4,11-12H2,1-3H3,(H,25,29)/t15-,16+,20+/m1/s1. The number of hydrogen-bond donors (Lipinski definition) is 1. The van der Waals surface area contributed by atoms with E-state index in [1.165, 1.54) is 0 Å². The molecule has 7 heteroatoms. The summed E-state index contributed by atoms with van der Waals surface area (Å²) < 4.78 is 0. The van der Waals surface area contributed by atoms with E-state index in [1.807, 2.05) is 59.8 Å². The Morgan fingerprint density at radius 2 is 2.06 bits per heavy atom. The van der Waals surface area contributed by atoms with Gasteiger partial charge in [-0.05, 0) is 49.8 Å². The zero-order valence-corrected chi connectivity index (χ0v) is 19.6. The summed E-state index contributed by atoms with van der Waals surface area (Å²) in [5.74, 6) is -0.183. The van der Waals surface area contributed by atoms with E-state index in [0.717, 1.165) is 33.9 Å². The number of nitrogens with one attached hydrogen (secondary N) is 1. The molecular formula is C24H27N3O2S2. The normalized spacial score (nSPS) is 19.0. The van der Waals surface area contributed by atoms with Gasteiger partial charge in [-0.25, -0.2) is 4.98 Å². The molecule has 0 saturated heterocycles. The minimum Gasteiger partial charge on any atom is -0.353 e. The molecule has 0 spiro atoms. The van der Waals surface area contributed by atoms with Gasteiger partial charge in [-0.2, -0.15) is 11.3 Å². The van der Waals surface area contributed by atoms with E-state index in [0.29, 0.717) is 6.42 Å². The number of carbonyl (C=O) groups is 2. The van der Waals surface area contributed by atoms with Crippen molar-refractivity contribution in [2.75, 3.05) is 4.90 Å². The van der Waals surface area contributed by atoms with Crippen LogP contribution in [0.15, 0.2) is 46.5 Å². The smallest absolute Gasteiger partial charge is 0.233 e. The largest absolute Gasteiger partial charge is 0.353 e. The molecule has 0 radical (unpaired) electrons. The molecule has 1 N–H and O–H groups in total. The topological polar surface area (TPSA) is 62.3 Å². The van der Waals surface area contributed by atoms with Gasteiger partial charge < -0.3 is 10.2 Å². The van der Waals surface area contributed by atoms with Gasteiger partial charge in [-0.3, -0.25) is 9.59 Å². The van der Waals surface area contributed by atoms with Crippen LogP contribution < -0.4 is 10.2 Å². The molecule has 4 rings (SSSR count). The lowest BCUT2D eigenvalue weighted by molar-refractivity contribution is -0.124. The predicted octanol–water partition coefficient (Wildman–Crippen LogP) is 5.24. The Bertz CT molecular complexity index is 1060. The minimum absolute atomic E-state index is 0.0166. The Labute approximate surface area is 191 Å². The molecule has 0 saturated carbocycles. The monoisotopic (exact) mass is 453 g/mol. The quantitative estimate of drug-likeness (QED) is 0.555. The summed E-state index contributed by atoms with van der Waals surface area (Å²) in [6.07, 6.45) is 1.76. The first-order valence-corrected chi connectivity index (χ1v) is 12.5. The summed E-state index contributed by atoms with van der Waals surface area (Å²) in [7, 11) is 0. The van der Waals surface area contributed by atoms with Gasteiger partial charge in [0.1, 0.15) is 5.01 Å². The highest BCUT2D eigenvalue weighted by atomic mass is 32.1. The highest BCUT2D eigenvalue weighted by molar-refractivity contribution is 7.14. The van der Waals surface area contributed by atoms with Crippen LogP contribution in [0.3, 0.4) is 0 Å². The number of benzene rings is 1. The number of rotatable bonds is 6. The first-order chi connectivity index (χ1) is 15.0. The molecular weight excluding hydrogens is 426 g/mol. The Kier molecular flexibility index (Phi) is 6.53. The fourth-order valence-electron chi connectivity index (χ4n) is 4.03. The molecule has 162 valence electrons. The Morgan fingerprint density at radius 1 is 1.26 bits per heavy atom. The van der Waals surface area contributed by atoms with Crippen molar-refractivity contribution in [3.8, 4) is 10.6 Å². The van der Waals surface area contributed by atoms with E-state index in [1.54, 1.807) is 22.7 Å². The molecule has 0 unspecified atom stereocenters. The Hall–Kier alpha value is -2.51. The summed E-state index contributed by atoms with van der Waals surface area (Å²) in [5.41, 5.74) is 3.65. The Morgan fingerprint density at radius 3 is 2.81 bits per heavy atom. The lowest BCUT2D eigenvalue weighted by atomic mass is 9.85. The summed E-state index contributed by atoms with van der Waals surface area (Å²) in [5, 5.41) is 10.1. The van der Waals surface area contributed by atoms with Crippen LogP contribution in [0.5, 0.6) is 0 Å². The van der Waals surface area contributed by atoms with E-state index in [2.05, 4.69) is 22.6 Å². The van der Waals surface area contributed by atoms with E-state index < -0.39 is 0 Å². The van der Waals surface area contributed by atoms with E-state index in [9.17, 15) is 9.59 Å². The molecule has 0 fully saturated rings. The van der Waals surface area contributed by atoms with Crippen molar-refractivity contribution in [1.82, 2.24) is 10.3 Å². The first-order valence-electron chi connectivity index (χ1n) is 10.7. The zero-order chi connectivity index (χ0) is 22.0. The molecule has 0 bridgehead atoms. The van der Waals surface area contributed by atoms with Crippen LogP contribution in [0.25, 0.3) is 10.6 Å². The van der Waals surface area contributed by atoms with Gasteiger partial charge in [-0.1, -0.05) is 25.1 Å². The molecule has 2 aromatic heterocycles. The maximum atomic E-state index is 13.3. The average Bonchev–Trinajstić information content (AvgIpc) is 3.44. The highest BCUT2D eigenvalue weighted by Crippen LogP contribution is 2.39. The number of fused-ring (bicyclic) bond motifs is 1. The number of anilines is 1. The van der Waals surface area contributed by atoms with E-state index in [4.69, 9.17) is 0 Å². The van der Waals surface area contributed by atoms with Crippen molar-refractivity contribution in [1.29, 1.82) is 0 Å². The third-order valence-electron chi connectivity index (χ3n) is 5.83. The molecule has 3 heterocycles. The first kappa shape index (κ1) is 21.7. The maximum Gasteiger partial charge on any atom is 0.233 e. The van der Waals surface area contributed by atoms with Crippen LogP contribution >= 0.6 is 22.7 Å². The van der Waals surface area contributed by atoms with Crippen LogP contribution in [-0.2, 0) is 16.0 Å². The van der Waals surface area contributed by atoms with Gasteiger partial charge in [0.2, 0.25) is 11.8 Å². The van der Waals surface area contributed by atoms with E-state index in [-0.39, 0.29) is 36.2 Å². The summed E-state index contributed by atoms with van der Waals surface area (Å²) in [4.78, 5) is 32.8. The van der Waals surface area contributed by atoms with Crippen molar-refractivity contribution in [3.05, 3.63) is 57.7 Å². The molecule has 1 aromatic carbocycles. The maximum absolute atomic E-state index is 13.3. The fraction of sp³-hybridized carbons (Fsp3) is 0.375. The number of aromatic nitrogens is 1. The second-order valence-corrected chi connectivity index (χ2v) is 9.75. The van der Waals surface area contributed by atoms with Crippen molar-refractivity contribution >= 4 is 40.2 Å². The van der Waals surface area contributed by atoms with Crippen LogP contribution in [-0.4, -0.2) is 28.9 Å². The Balaban J connectivity index is 1.56. The highest BCUT2D eigenvalue weighted by Gasteiger charge is 2.37. The molecule has 1 aliphatic rings.